The molecule has 2 heterocycles. The van der Waals surface area contributed by atoms with Crippen LogP contribution in [0.2, 0.25) is 0 Å². The van der Waals surface area contributed by atoms with Gasteiger partial charge in [0.25, 0.3) is 0 Å². The molecular weight excluding hydrogens is 220 g/mol. The smallest absolute Gasteiger partial charge is 0.0797 e. The largest absolute Gasteiger partial charge is 0.379 e. The van der Waals surface area contributed by atoms with Crippen LogP contribution in [0, 0.1) is 6.92 Å². The molecule has 1 aromatic rings. The number of nitrogens with one attached hydrogen (secondary N) is 1. The van der Waals surface area contributed by atoms with Crippen LogP contribution >= 0.6 is 11.3 Å². The fourth-order valence-corrected chi connectivity index (χ4v) is 2.79. The first-order chi connectivity index (χ1) is 7.86. The van der Waals surface area contributed by atoms with Gasteiger partial charge in [-0.25, -0.2) is 4.98 Å². The highest BCUT2D eigenvalue weighted by Gasteiger charge is 2.12. The first kappa shape index (κ1) is 12.0. The number of nitrogens with zero attached hydrogens (tertiary/aromatic N) is 1. The second-order valence-corrected chi connectivity index (χ2v) is 5.27. The predicted octanol–water partition coefficient (Wildman–Crippen LogP) is 2.15. The van der Waals surface area contributed by atoms with Crippen LogP contribution in [0.5, 0.6) is 0 Å². The average molecular weight is 240 g/mol. The Hall–Kier alpha value is -0.450. The second kappa shape index (κ2) is 6.33. The van der Waals surface area contributed by atoms with E-state index in [4.69, 9.17) is 4.74 Å². The molecule has 1 aromatic heterocycles. The minimum Gasteiger partial charge on any atom is -0.379 e. The van der Waals surface area contributed by atoms with E-state index in [9.17, 15) is 0 Å². The number of ether oxygens (including phenoxy) is 1. The second-order valence-electron chi connectivity index (χ2n) is 4.33. The maximum atomic E-state index is 5.72. The van der Waals surface area contributed by atoms with Gasteiger partial charge < -0.3 is 10.1 Å². The van der Waals surface area contributed by atoms with Crippen LogP contribution in [0.25, 0.3) is 0 Å². The topological polar surface area (TPSA) is 34.1 Å². The molecule has 0 spiro atoms. The van der Waals surface area contributed by atoms with Crippen LogP contribution < -0.4 is 5.32 Å². The van der Waals surface area contributed by atoms with Gasteiger partial charge >= 0.3 is 0 Å². The summed E-state index contributed by atoms with van der Waals surface area (Å²) < 4.78 is 5.72. The molecule has 3 nitrogen and oxygen atoms in total. The summed E-state index contributed by atoms with van der Waals surface area (Å²) in [5.41, 5.74) is 3.07. The summed E-state index contributed by atoms with van der Waals surface area (Å²) in [6.07, 6.45) is 4.92. The van der Waals surface area contributed by atoms with E-state index in [1.807, 2.05) is 5.51 Å². The Morgan fingerprint density at radius 2 is 2.50 bits per heavy atom. The third-order valence-electron chi connectivity index (χ3n) is 3.05. The van der Waals surface area contributed by atoms with Gasteiger partial charge in [-0.2, -0.15) is 0 Å². The molecule has 1 N–H and O–H groups in total. The van der Waals surface area contributed by atoms with E-state index in [1.54, 1.807) is 11.3 Å². The van der Waals surface area contributed by atoms with Gasteiger partial charge in [0.1, 0.15) is 0 Å². The van der Waals surface area contributed by atoms with E-state index in [0.29, 0.717) is 6.04 Å². The first-order valence-electron chi connectivity index (χ1n) is 6.06. The predicted molar refractivity (Wildman–Crippen MR) is 67.0 cm³/mol. The zero-order valence-corrected chi connectivity index (χ0v) is 10.7. The maximum Gasteiger partial charge on any atom is 0.0797 e. The minimum absolute atomic E-state index is 0.580. The number of aromatic nitrogens is 1. The Labute approximate surface area is 101 Å². The molecule has 16 heavy (non-hydrogen) atoms. The summed E-state index contributed by atoms with van der Waals surface area (Å²) in [7, 11) is 0. The van der Waals surface area contributed by atoms with Crippen LogP contribution in [-0.4, -0.2) is 30.8 Å². The highest BCUT2D eigenvalue weighted by Crippen LogP contribution is 2.13. The molecule has 1 unspecified atom stereocenters. The lowest BCUT2D eigenvalue weighted by Gasteiger charge is -2.23. The van der Waals surface area contributed by atoms with Crippen molar-refractivity contribution in [2.45, 2.75) is 38.6 Å². The molecule has 0 amide bonds. The van der Waals surface area contributed by atoms with Crippen LogP contribution in [0.15, 0.2) is 5.51 Å². The molecule has 2 rings (SSSR count). The number of thiazole rings is 1. The number of aryl methyl sites for hydroxylation is 1. The van der Waals surface area contributed by atoms with Crippen LogP contribution in [0.1, 0.15) is 29.8 Å². The lowest BCUT2D eigenvalue weighted by Crippen LogP contribution is -2.37. The molecule has 4 heteroatoms. The molecule has 1 aliphatic rings. The maximum absolute atomic E-state index is 5.72. The highest BCUT2D eigenvalue weighted by molar-refractivity contribution is 7.09. The van der Waals surface area contributed by atoms with Crippen molar-refractivity contribution in [1.82, 2.24) is 10.3 Å². The summed E-state index contributed by atoms with van der Waals surface area (Å²) in [6.45, 7) is 4.90. The third kappa shape index (κ3) is 3.54. The summed E-state index contributed by atoms with van der Waals surface area (Å²) in [6, 6.07) is 0.580. The van der Waals surface area contributed by atoms with Gasteiger partial charge in [-0.15, -0.1) is 11.3 Å². The molecule has 0 aromatic carbocycles. The van der Waals surface area contributed by atoms with Gasteiger partial charge in [0.05, 0.1) is 24.4 Å². The van der Waals surface area contributed by atoms with Gasteiger partial charge in [-0.3, -0.25) is 0 Å². The van der Waals surface area contributed by atoms with Crippen molar-refractivity contribution < 1.29 is 4.74 Å². The van der Waals surface area contributed by atoms with E-state index >= 15 is 0 Å². The molecule has 0 saturated carbocycles. The normalized spacial score (nSPS) is 21.2. The lowest BCUT2D eigenvalue weighted by atomic mass is 10.1. The first-order valence-corrected chi connectivity index (χ1v) is 6.94. The molecular formula is C12H20N2OS. The number of piperidine rings is 1. The van der Waals surface area contributed by atoms with Crippen molar-refractivity contribution in [3.05, 3.63) is 16.1 Å². The Balaban J connectivity index is 1.59. The summed E-state index contributed by atoms with van der Waals surface area (Å²) in [4.78, 5) is 5.59. The minimum atomic E-state index is 0.580. The van der Waals surface area contributed by atoms with Crippen LogP contribution in [0.4, 0.5) is 0 Å². The average Bonchev–Trinajstić information content (AvgIpc) is 2.72. The molecule has 0 radical (unpaired) electrons. The zero-order chi connectivity index (χ0) is 11.2. The summed E-state index contributed by atoms with van der Waals surface area (Å²) in [5.74, 6) is 0. The Kier molecular flexibility index (Phi) is 4.75. The monoisotopic (exact) mass is 240 g/mol. The van der Waals surface area contributed by atoms with Gasteiger partial charge in [0.15, 0.2) is 0 Å². The van der Waals surface area contributed by atoms with E-state index < -0.39 is 0 Å². The molecule has 1 saturated heterocycles. The molecule has 1 aliphatic heterocycles. The lowest BCUT2D eigenvalue weighted by molar-refractivity contribution is 0.106. The highest BCUT2D eigenvalue weighted by atomic mass is 32.1. The van der Waals surface area contributed by atoms with Crippen molar-refractivity contribution in [2.24, 2.45) is 0 Å². The van der Waals surface area contributed by atoms with E-state index in [2.05, 4.69) is 17.2 Å². The van der Waals surface area contributed by atoms with Crippen LogP contribution in [0.3, 0.4) is 0 Å². The fourth-order valence-electron chi connectivity index (χ4n) is 2.02. The molecule has 1 atom stereocenters. The third-order valence-corrected chi connectivity index (χ3v) is 4.04. The number of hydrogen-bond acceptors (Lipinski definition) is 4. The molecule has 0 bridgehead atoms. The van der Waals surface area contributed by atoms with Crippen molar-refractivity contribution in [2.75, 3.05) is 19.8 Å². The Morgan fingerprint density at radius 1 is 1.56 bits per heavy atom. The SMILES string of the molecule is Cc1ncsc1CCOCC1CCCCN1. The molecule has 1 fully saturated rings. The van der Waals surface area contributed by atoms with Gasteiger partial charge in [-0.05, 0) is 26.3 Å². The van der Waals surface area contributed by atoms with Crippen molar-refractivity contribution in [3.63, 3.8) is 0 Å². The van der Waals surface area contributed by atoms with E-state index in [1.165, 1.54) is 24.1 Å². The summed E-state index contributed by atoms with van der Waals surface area (Å²) >= 11 is 1.73. The standard InChI is InChI=1S/C12H20N2OS/c1-10-12(16-9-14-10)5-7-15-8-11-4-2-3-6-13-11/h9,11,13H,2-8H2,1H3. The quantitative estimate of drug-likeness (QED) is 0.801. The number of hydrogen-bond donors (Lipinski definition) is 1. The van der Waals surface area contributed by atoms with E-state index in [0.717, 1.165) is 31.9 Å². The van der Waals surface area contributed by atoms with Gasteiger partial charge in [0, 0.05) is 17.3 Å². The van der Waals surface area contributed by atoms with Crippen molar-refractivity contribution >= 4 is 11.3 Å². The van der Waals surface area contributed by atoms with Crippen molar-refractivity contribution in [3.8, 4) is 0 Å². The molecule has 0 aliphatic carbocycles. The van der Waals surface area contributed by atoms with Crippen LogP contribution in [-0.2, 0) is 11.2 Å². The van der Waals surface area contributed by atoms with E-state index in [-0.39, 0.29) is 0 Å². The molecule has 90 valence electrons. The Morgan fingerprint density at radius 3 is 3.19 bits per heavy atom. The zero-order valence-electron chi connectivity index (χ0n) is 9.87. The Bertz CT molecular complexity index is 308. The number of rotatable bonds is 5. The van der Waals surface area contributed by atoms with Crippen molar-refractivity contribution in [1.29, 1.82) is 0 Å². The fraction of sp³-hybridized carbons (Fsp3) is 0.750. The van der Waals surface area contributed by atoms with Gasteiger partial charge in [0.2, 0.25) is 0 Å². The summed E-state index contributed by atoms with van der Waals surface area (Å²) in [5, 5.41) is 3.49. The van der Waals surface area contributed by atoms with Gasteiger partial charge in [-0.1, -0.05) is 6.42 Å².